The molecule has 43 heavy (non-hydrogen) atoms. The number of amides is 1. The first-order chi connectivity index (χ1) is 20.9. The molecule has 2 atom stereocenters. The maximum absolute atomic E-state index is 13.7. The zero-order valence-corrected chi connectivity index (χ0v) is 24.2. The van der Waals surface area contributed by atoms with E-state index in [1.54, 1.807) is 0 Å². The summed E-state index contributed by atoms with van der Waals surface area (Å²) in [7, 11) is 1.25. The van der Waals surface area contributed by atoms with E-state index in [4.69, 9.17) is 9.47 Å². The molecular weight excluding hydrogens is 542 g/mol. The smallest absolute Gasteiger partial charge is 0.306 e. The van der Waals surface area contributed by atoms with Crippen LogP contribution in [0.5, 0.6) is 11.5 Å². The second kappa shape index (κ2) is 13.9. The summed E-state index contributed by atoms with van der Waals surface area (Å²) in [6.07, 6.45) is 1.30. The third-order valence-corrected chi connectivity index (χ3v) is 7.90. The van der Waals surface area contributed by atoms with E-state index in [0.29, 0.717) is 24.3 Å². The van der Waals surface area contributed by atoms with Crippen molar-refractivity contribution >= 4 is 34.2 Å². The Balaban J connectivity index is 1.41. The van der Waals surface area contributed by atoms with Gasteiger partial charge < -0.3 is 14.8 Å². The Labute approximate surface area is 251 Å². The van der Waals surface area contributed by atoms with Gasteiger partial charge in [0.25, 0.3) is 0 Å². The van der Waals surface area contributed by atoms with Crippen molar-refractivity contribution in [3.05, 3.63) is 108 Å². The van der Waals surface area contributed by atoms with Gasteiger partial charge in [-0.15, -0.1) is 0 Å². The average Bonchev–Trinajstić information content (AvgIpc) is 3.02. The minimum absolute atomic E-state index is 0.123. The van der Waals surface area contributed by atoms with Gasteiger partial charge >= 0.3 is 5.97 Å². The van der Waals surface area contributed by atoms with Gasteiger partial charge in [0, 0.05) is 19.3 Å². The molecule has 0 aromatic heterocycles. The number of benzene rings is 4. The van der Waals surface area contributed by atoms with Crippen LogP contribution in [0.4, 0.5) is 0 Å². The molecule has 2 aliphatic rings. The molecule has 4 bridgehead atoms. The quantitative estimate of drug-likeness (QED) is 0.285. The lowest BCUT2D eigenvalue weighted by atomic mass is 9.92. The second-order valence-corrected chi connectivity index (χ2v) is 11.0. The number of ether oxygens (including phenoxy) is 2. The molecule has 1 amide bonds. The largest absolute Gasteiger partial charge is 0.469 e. The van der Waals surface area contributed by atoms with Gasteiger partial charge in [-0.1, -0.05) is 66.7 Å². The molecule has 7 nitrogen and oxygen atoms in total. The van der Waals surface area contributed by atoms with Crippen molar-refractivity contribution in [2.24, 2.45) is 5.92 Å². The van der Waals surface area contributed by atoms with E-state index < -0.39 is 23.8 Å². The maximum Gasteiger partial charge on any atom is 0.306 e. The number of fused-ring (bicyclic) bond motifs is 11. The van der Waals surface area contributed by atoms with Crippen LogP contribution in [0.3, 0.4) is 0 Å². The topological polar surface area (TPSA) is 98.8 Å². The highest BCUT2D eigenvalue weighted by atomic mass is 16.5. The summed E-state index contributed by atoms with van der Waals surface area (Å²) in [5, 5.41) is 5.09. The Bertz CT molecular complexity index is 1620. The molecule has 0 aliphatic carbocycles. The third-order valence-electron chi connectivity index (χ3n) is 7.90. The predicted molar refractivity (Wildman–Crippen MR) is 164 cm³/mol. The van der Waals surface area contributed by atoms with Crippen molar-refractivity contribution in [1.29, 1.82) is 0 Å². The number of Topliss-reactive ketones (excluding diaryl/α,β-unsaturated/α-hetero) is 2. The molecule has 0 saturated heterocycles. The van der Waals surface area contributed by atoms with Crippen LogP contribution < -0.4 is 10.1 Å². The normalized spacial score (nSPS) is 17.5. The lowest BCUT2D eigenvalue weighted by molar-refractivity contribution is -0.145. The Morgan fingerprint density at radius 3 is 2.42 bits per heavy atom. The molecule has 0 fully saturated rings. The molecule has 2 aliphatic heterocycles. The monoisotopic (exact) mass is 577 g/mol. The fourth-order valence-electron chi connectivity index (χ4n) is 5.51. The van der Waals surface area contributed by atoms with Crippen LogP contribution in [0.25, 0.3) is 10.8 Å². The summed E-state index contributed by atoms with van der Waals surface area (Å²) < 4.78 is 10.9. The van der Waals surface area contributed by atoms with Crippen molar-refractivity contribution in [2.45, 2.75) is 51.0 Å². The summed E-state index contributed by atoms with van der Waals surface area (Å²) in [4.78, 5) is 52.5. The summed E-state index contributed by atoms with van der Waals surface area (Å²) in [6.45, 7) is 0. The van der Waals surface area contributed by atoms with Crippen molar-refractivity contribution < 1.29 is 28.7 Å². The van der Waals surface area contributed by atoms with Crippen LogP contribution in [-0.2, 0) is 43.2 Å². The van der Waals surface area contributed by atoms with Gasteiger partial charge in [-0.25, -0.2) is 0 Å². The van der Waals surface area contributed by atoms with Crippen LogP contribution >= 0.6 is 0 Å². The van der Waals surface area contributed by atoms with Crippen molar-refractivity contribution in [1.82, 2.24) is 5.32 Å². The Morgan fingerprint density at radius 1 is 0.837 bits per heavy atom. The number of methoxy groups -OCH3 is 1. The number of rotatable bonds is 6. The SMILES string of the molecule is COC(=O)C[C@@H]1CC(=O)CCc2cccc(c2)Oc2ccc(cc2)C[C@@H](C(=O)CCc2cccc3ccccc23)NC1=O. The van der Waals surface area contributed by atoms with Crippen molar-refractivity contribution in [2.75, 3.05) is 7.11 Å². The average molecular weight is 578 g/mol. The molecule has 4 aromatic rings. The molecular formula is C36H35NO6. The first-order valence-corrected chi connectivity index (χ1v) is 14.6. The molecule has 4 aromatic carbocycles. The molecule has 0 unspecified atom stereocenters. The summed E-state index contributed by atoms with van der Waals surface area (Å²) in [6, 6.07) is 28.2. The fraction of sp³-hybridized carbons (Fsp3) is 0.278. The third kappa shape index (κ3) is 7.95. The number of hydrogen-bond donors (Lipinski definition) is 1. The lowest BCUT2D eigenvalue weighted by Gasteiger charge is -2.22. The number of esters is 1. The Hall–Kier alpha value is -4.78. The molecule has 1 N–H and O–H groups in total. The number of ketones is 2. The molecule has 7 heteroatoms. The predicted octanol–water partition coefficient (Wildman–Crippen LogP) is 5.95. The summed E-state index contributed by atoms with van der Waals surface area (Å²) in [5.41, 5.74) is 2.83. The van der Waals surface area contributed by atoms with Gasteiger partial charge in [-0.3, -0.25) is 19.2 Å². The Kier molecular flexibility index (Phi) is 9.62. The van der Waals surface area contributed by atoms with Crippen LogP contribution in [0.1, 0.15) is 42.4 Å². The highest BCUT2D eigenvalue weighted by Gasteiger charge is 2.29. The lowest BCUT2D eigenvalue weighted by Crippen LogP contribution is -2.46. The molecule has 0 saturated carbocycles. The zero-order valence-electron chi connectivity index (χ0n) is 24.2. The van der Waals surface area contributed by atoms with Gasteiger partial charge in [0.1, 0.15) is 17.3 Å². The number of carbonyl (C=O) groups is 4. The highest BCUT2D eigenvalue weighted by molar-refractivity contribution is 5.94. The first-order valence-electron chi connectivity index (χ1n) is 14.6. The van der Waals surface area contributed by atoms with Crippen LogP contribution in [-0.4, -0.2) is 36.6 Å². The van der Waals surface area contributed by atoms with E-state index in [0.717, 1.165) is 27.5 Å². The molecule has 220 valence electrons. The number of hydrogen-bond acceptors (Lipinski definition) is 6. The number of carbonyl (C=O) groups excluding carboxylic acids is 4. The van der Waals surface area contributed by atoms with Gasteiger partial charge in [0.05, 0.1) is 25.5 Å². The van der Waals surface area contributed by atoms with Gasteiger partial charge in [0.2, 0.25) is 5.91 Å². The van der Waals surface area contributed by atoms with E-state index in [1.165, 1.54) is 7.11 Å². The van der Waals surface area contributed by atoms with E-state index in [-0.39, 0.29) is 43.7 Å². The van der Waals surface area contributed by atoms with Gasteiger partial charge in [-0.2, -0.15) is 0 Å². The van der Waals surface area contributed by atoms with Crippen LogP contribution in [0.15, 0.2) is 91.0 Å². The molecule has 0 radical (unpaired) electrons. The minimum Gasteiger partial charge on any atom is -0.469 e. The fourth-order valence-corrected chi connectivity index (χ4v) is 5.51. The first kappa shape index (κ1) is 29.7. The van der Waals surface area contributed by atoms with Crippen LogP contribution in [0.2, 0.25) is 0 Å². The van der Waals surface area contributed by atoms with Crippen molar-refractivity contribution in [3.63, 3.8) is 0 Å². The number of aryl methyl sites for hydroxylation is 2. The number of nitrogens with one attached hydrogen (secondary N) is 1. The second-order valence-electron chi connectivity index (χ2n) is 11.0. The van der Waals surface area contributed by atoms with E-state index in [9.17, 15) is 19.2 Å². The van der Waals surface area contributed by atoms with E-state index in [1.807, 2.05) is 91.0 Å². The standard InChI is InChI=1S/C36H35NO6/c1-42-35(40)23-28-22-29(38)16-12-24-6-4-10-31(20-24)43-30-17-13-25(14-18-30)21-33(37-36(28)41)34(39)19-15-27-9-5-8-26-7-2-3-11-32(26)27/h2-11,13-14,17-18,20,28,33H,12,15-16,19,21-23H2,1H3,(H,37,41)/t28-,33-/m0/s1. The summed E-state index contributed by atoms with van der Waals surface area (Å²) in [5.74, 6) is -1.01. The van der Waals surface area contributed by atoms with E-state index in [2.05, 4.69) is 5.32 Å². The van der Waals surface area contributed by atoms with Gasteiger partial charge in [-0.05, 0) is 71.0 Å². The Morgan fingerprint density at radius 2 is 1.60 bits per heavy atom. The summed E-state index contributed by atoms with van der Waals surface area (Å²) >= 11 is 0. The molecule has 2 heterocycles. The van der Waals surface area contributed by atoms with Crippen molar-refractivity contribution in [3.8, 4) is 11.5 Å². The van der Waals surface area contributed by atoms with Crippen LogP contribution in [0, 0.1) is 5.92 Å². The molecule has 0 spiro atoms. The zero-order chi connectivity index (χ0) is 30.2. The highest BCUT2D eigenvalue weighted by Crippen LogP contribution is 2.25. The maximum atomic E-state index is 13.7. The minimum atomic E-state index is -0.943. The van der Waals surface area contributed by atoms with E-state index >= 15 is 0 Å². The molecule has 6 rings (SSSR count). The van der Waals surface area contributed by atoms with Gasteiger partial charge in [0.15, 0.2) is 5.78 Å².